The lowest BCUT2D eigenvalue weighted by molar-refractivity contribution is -0.0367. The maximum Gasteiger partial charge on any atom is 0.176 e. The molecule has 0 amide bonds. The molecule has 3 rings (SSSR count). The topological polar surface area (TPSA) is 91.7 Å². The fourth-order valence-corrected chi connectivity index (χ4v) is 2.71. The van der Waals surface area contributed by atoms with Crippen LogP contribution in [0, 0.1) is 22.7 Å². The number of ether oxygens (including phenoxy) is 1. The first-order valence-electron chi connectivity index (χ1n) is 7.18. The first-order valence-corrected chi connectivity index (χ1v) is 7.18. The largest absolute Gasteiger partial charge is 0.356 e. The molecule has 1 saturated heterocycles. The molecule has 1 aliphatic rings. The Hall–Kier alpha value is -2.70. The van der Waals surface area contributed by atoms with Gasteiger partial charge in [0.25, 0.3) is 0 Å². The molecule has 0 N–H and O–H groups in total. The molecule has 1 fully saturated rings. The smallest absolute Gasteiger partial charge is 0.176 e. The second-order valence-electron chi connectivity index (χ2n) is 5.22. The molecule has 0 aliphatic carbocycles. The first-order chi connectivity index (χ1) is 10.7. The van der Waals surface area contributed by atoms with Crippen molar-refractivity contribution in [2.45, 2.75) is 31.9 Å². The number of nitriles is 2. The van der Waals surface area contributed by atoms with Crippen LogP contribution >= 0.6 is 0 Å². The lowest BCUT2D eigenvalue weighted by atomic mass is 10.1. The highest BCUT2D eigenvalue weighted by Crippen LogP contribution is 2.28. The highest BCUT2D eigenvalue weighted by molar-refractivity contribution is 6.01. The van der Waals surface area contributed by atoms with E-state index < -0.39 is 0 Å². The van der Waals surface area contributed by atoms with E-state index in [1.165, 1.54) is 0 Å². The predicted octanol–water partition coefficient (Wildman–Crippen LogP) is 2.70. The molecule has 0 bridgehead atoms. The molecule has 6 nitrogen and oxygen atoms in total. The van der Waals surface area contributed by atoms with E-state index in [-0.39, 0.29) is 24.1 Å². The van der Waals surface area contributed by atoms with Crippen LogP contribution in [0.2, 0.25) is 0 Å². The van der Waals surface area contributed by atoms with Gasteiger partial charge in [-0.05, 0) is 37.5 Å². The van der Waals surface area contributed by atoms with E-state index in [0.29, 0.717) is 17.6 Å². The summed E-state index contributed by atoms with van der Waals surface area (Å²) in [7, 11) is 0. The zero-order valence-corrected chi connectivity index (χ0v) is 12.0. The van der Waals surface area contributed by atoms with Gasteiger partial charge in [0.2, 0.25) is 0 Å². The van der Waals surface area contributed by atoms with Gasteiger partial charge in [0.15, 0.2) is 17.7 Å². The number of hydrogen-bond donors (Lipinski definition) is 0. The molecular formula is C16H14N4O2. The minimum atomic E-state index is -0.255. The molecule has 1 aromatic carbocycles. The number of Topliss-reactive ketones (excluding diaryl/α,β-unsaturated/α-hetero) is 1. The lowest BCUT2D eigenvalue weighted by Crippen LogP contribution is -2.19. The van der Waals surface area contributed by atoms with Gasteiger partial charge in [0.05, 0.1) is 18.0 Å². The number of benzene rings is 1. The van der Waals surface area contributed by atoms with Crippen LogP contribution in [-0.2, 0) is 4.74 Å². The van der Waals surface area contributed by atoms with Gasteiger partial charge in [-0.25, -0.2) is 4.68 Å². The highest BCUT2D eigenvalue weighted by Gasteiger charge is 2.21. The van der Waals surface area contributed by atoms with Gasteiger partial charge in [-0.2, -0.15) is 15.6 Å². The second-order valence-corrected chi connectivity index (χ2v) is 5.22. The number of carbonyl (C=O) groups is 1. The number of nitrogens with zero attached hydrogens (tertiary/aromatic N) is 4. The summed E-state index contributed by atoms with van der Waals surface area (Å²) in [6.45, 7) is 0.687. The van der Waals surface area contributed by atoms with Gasteiger partial charge >= 0.3 is 0 Å². The monoisotopic (exact) mass is 294 g/mol. The summed E-state index contributed by atoms with van der Waals surface area (Å²) in [5.41, 5.74) is 1.47. The summed E-state index contributed by atoms with van der Waals surface area (Å²) in [6.07, 6.45) is 2.61. The molecule has 6 heteroatoms. The quantitative estimate of drug-likeness (QED) is 0.811. The second kappa shape index (κ2) is 5.97. The van der Waals surface area contributed by atoms with Crippen molar-refractivity contribution in [1.29, 1.82) is 10.5 Å². The Morgan fingerprint density at radius 3 is 2.95 bits per heavy atom. The van der Waals surface area contributed by atoms with Crippen molar-refractivity contribution < 1.29 is 9.53 Å². The van der Waals surface area contributed by atoms with E-state index in [2.05, 4.69) is 11.2 Å². The summed E-state index contributed by atoms with van der Waals surface area (Å²) in [4.78, 5) is 11.8. The summed E-state index contributed by atoms with van der Waals surface area (Å²) in [5.74, 6) is -0.255. The van der Waals surface area contributed by atoms with Crippen LogP contribution in [0.25, 0.3) is 10.9 Å². The van der Waals surface area contributed by atoms with Crippen molar-refractivity contribution in [1.82, 2.24) is 9.78 Å². The Labute approximate surface area is 127 Å². The van der Waals surface area contributed by atoms with Crippen LogP contribution in [0.4, 0.5) is 0 Å². The average Bonchev–Trinajstić information content (AvgIpc) is 2.94. The molecule has 22 heavy (non-hydrogen) atoms. The molecule has 0 radical (unpaired) electrons. The van der Waals surface area contributed by atoms with Gasteiger partial charge in [-0.15, -0.1) is 0 Å². The fraction of sp³-hybridized carbons (Fsp3) is 0.375. The van der Waals surface area contributed by atoms with Gasteiger partial charge in [0, 0.05) is 17.6 Å². The van der Waals surface area contributed by atoms with E-state index in [1.54, 1.807) is 22.9 Å². The first kappa shape index (κ1) is 14.2. The third kappa shape index (κ3) is 2.45. The molecule has 1 aliphatic heterocycles. The molecule has 0 spiro atoms. The zero-order chi connectivity index (χ0) is 15.5. The van der Waals surface area contributed by atoms with Crippen LogP contribution in [-0.4, -0.2) is 22.2 Å². The maximum atomic E-state index is 11.8. The molecule has 2 aromatic rings. The summed E-state index contributed by atoms with van der Waals surface area (Å²) in [6, 6.07) is 8.99. The summed E-state index contributed by atoms with van der Waals surface area (Å²) >= 11 is 0. The molecule has 2 heterocycles. The van der Waals surface area contributed by atoms with Gasteiger partial charge in [-0.3, -0.25) is 4.79 Å². The molecule has 0 saturated carbocycles. The van der Waals surface area contributed by atoms with Crippen LogP contribution in [0.3, 0.4) is 0 Å². The zero-order valence-electron chi connectivity index (χ0n) is 12.0. The Morgan fingerprint density at radius 2 is 2.27 bits per heavy atom. The molecule has 1 aromatic heterocycles. The summed E-state index contributed by atoms with van der Waals surface area (Å²) < 4.78 is 7.46. The Balaban J connectivity index is 2.07. The highest BCUT2D eigenvalue weighted by atomic mass is 16.5. The number of ketones is 1. The third-order valence-electron chi connectivity index (χ3n) is 3.80. The molecular weight excluding hydrogens is 280 g/mol. The number of hydrogen-bond acceptors (Lipinski definition) is 5. The van der Waals surface area contributed by atoms with Crippen molar-refractivity contribution in [3.8, 4) is 12.1 Å². The van der Waals surface area contributed by atoms with Crippen LogP contribution < -0.4 is 0 Å². The SMILES string of the molecule is N#CCC(=O)c1ccc2c(c1)c(C#N)nn2C1CCCCO1. The number of carbonyl (C=O) groups excluding carboxylic acids is 1. The maximum absolute atomic E-state index is 11.8. The minimum absolute atomic E-state index is 0.168. The number of aromatic nitrogens is 2. The Bertz CT molecular complexity index is 804. The van der Waals surface area contributed by atoms with Gasteiger partial charge in [-0.1, -0.05) is 0 Å². The third-order valence-corrected chi connectivity index (χ3v) is 3.80. The molecule has 110 valence electrons. The van der Waals surface area contributed by atoms with E-state index in [4.69, 9.17) is 10.00 Å². The molecule has 1 unspecified atom stereocenters. The number of fused-ring (bicyclic) bond motifs is 1. The predicted molar refractivity (Wildman–Crippen MR) is 77.8 cm³/mol. The number of rotatable bonds is 3. The van der Waals surface area contributed by atoms with Crippen molar-refractivity contribution in [3.63, 3.8) is 0 Å². The van der Waals surface area contributed by atoms with E-state index >= 15 is 0 Å². The fourth-order valence-electron chi connectivity index (χ4n) is 2.71. The lowest BCUT2D eigenvalue weighted by Gasteiger charge is -2.23. The average molecular weight is 294 g/mol. The molecule has 1 atom stereocenters. The van der Waals surface area contributed by atoms with Gasteiger partial charge < -0.3 is 4.74 Å². The van der Waals surface area contributed by atoms with E-state index in [0.717, 1.165) is 24.8 Å². The van der Waals surface area contributed by atoms with E-state index in [9.17, 15) is 10.1 Å². The van der Waals surface area contributed by atoms with Crippen LogP contribution in [0.5, 0.6) is 0 Å². The van der Waals surface area contributed by atoms with Crippen LogP contribution in [0.15, 0.2) is 18.2 Å². The standard InChI is InChI=1S/C16H14N4O2/c17-7-6-15(21)11-4-5-14-12(9-11)13(10-18)19-20(14)16-3-1-2-8-22-16/h4-5,9,16H,1-3,6,8H2. The summed E-state index contributed by atoms with van der Waals surface area (Å²) in [5, 5.41) is 22.9. The van der Waals surface area contributed by atoms with Crippen molar-refractivity contribution in [2.75, 3.05) is 6.61 Å². The van der Waals surface area contributed by atoms with E-state index in [1.807, 2.05) is 6.07 Å². The minimum Gasteiger partial charge on any atom is -0.356 e. The van der Waals surface area contributed by atoms with Gasteiger partial charge in [0.1, 0.15) is 6.07 Å². The van der Waals surface area contributed by atoms with Crippen molar-refractivity contribution in [2.24, 2.45) is 0 Å². The Morgan fingerprint density at radius 1 is 1.41 bits per heavy atom. The normalized spacial score (nSPS) is 17.8. The van der Waals surface area contributed by atoms with Crippen molar-refractivity contribution in [3.05, 3.63) is 29.5 Å². The van der Waals surface area contributed by atoms with Crippen LogP contribution in [0.1, 0.15) is 48.0 Å². The van der Waals surface area contributed by atoms with Crippen molar-refractivity contribution >= 4 is 16.7 Å². The Kier molecular flexibility index (Phi) is 3.86.